The largest absolute Gasteiger partial charge is 0.370 e. The fourth-order valence-corrected chi connectivity index (χ4v) is 3.14. The summed E-state index contributed by atoms with van der Waals surface area (Å²) in [6.07, 6.45) is 3.80. The van der Waals surface area contributed by atoms with Crippen molar-refractivity contribution in [3.05, 3.63) is 30.3 Å². The molecular weight excluding hydrogens is 381 g/mol. The molecule has 1 aliphatic heterocycles. The van der Waals surface area contributed by atoms with Crippen LogP contribution in [-0.4, -0.2) is 35.7 Å². The molecule has 3 nitrogen and oxygen atoms in total. The van der Waals surface area contributed by atoms with Crippen LogP contribution < -0.4 is 5.73 Å². The maximum absolute atomic E-state index is 6.06. The lowest BCUT2D eigenvalue weighted by Gasteiger charge is -2.27. The summed E-state index contributed by atoms with van der Waals surface area (Å²) in [6.45, 7) is 5.11. The van der Waals surface area contributed by atoms with Crippen LogP contribution in [0.4, 0.5) is 0 Å². The van der Waals surface area contributed by atoms with Crippen LogP contribution >= 0.6 is 35.7 Å². The van der Waals surface area contributed by atoms with Crippen molar-refractivity contribution in [1.82, 2.24) is 4.90 Å². The molecule has 5 heteroatoms. The number of halogens is 1. The predicted octanol–water partition coefficient (Wildman–Crippen LogP) is 3.59. The second-order valence-corrected chi connectivity index (χ2v) is 6.50. The van der Waals surface area contributed by atoms with E-state index in [0.29, 0.717) is 5.25 Å². The topological polar surface area (TPSA) is 41.6 Å². The molecule has 1 heterocycles. The number of aliphatic imine (C=N–C) groups is 1. The molecule has 2 N–H and O–H groups in total. The Hall–Kier alpha value is -0.430. The van der Waals surface area contributed by atoms with Crippen LogP contribution in [0.1, 0.15) is 26.2 Å². The van der Waals surface area contributed by atoms with Crippen LogP contribution in [-0.2, 0) is 0 Å². The molecule has 112 valence electrons. The predicted molar refractivity (Wildman–Crippen MR) is 99.1 cm³/mol. The van der Waals surface area contributed by atoms with Crippen molar-refractivity contribution in [2.45, 2.75) is 36.3 Å². The third-order valence-corrected chi connectivity index (χ3v) is 4.37. The van der Waals surface area contributed by atoms with Gasteiger partial charge in [-0.15, -0.1) is 35.7 Å². The number of nitrogens with two attached hydrogens (primary N) is 1. The molecule has 1 aliphatic rings. The number of hydrogen-bond acceptors (Lipinski definition) is 2. The van der Waals surface area contributed by atoms with Gasteiger partial charge in [-0.25, -0.2) is 0 Å². The third-order valence-electron chi connectivity index (χ3n) is 3.27. The zero-order valence-corrected chi connectivity index (χ0v) is 15.1. The highest BCUT2D eigenvalue weighted by molar-refractivity contribution is 14.0. The van der Waals surface area contributed by atoms with Crippen LogP contribution in [0, 0.1) is 0 Å². The van der Waals surface area contributed by atoms with Gasteiger partial charge in [0.15, 0.2) is 5.96 Å². The highest BCUT2D eigenvalue weighted by Gasteiger charge is 2.12. The fraction of sp³-hybridized carbons (Fsp3) is 0.533. The molecule has 1 saturated heterocycles. The van der Waals surface area contributed by atoms with Crippen molar-refractivity contribution in [1.29, 1.82) is 0 Å². The van der Waals surface area contributed by atoms with Crippen LogP contribution in [0.3, 0.4) is 0 Å². The molecule has 0 bridgehead atoms. The lowest BCUT2D eigenvalue weighted by Crippen LogP contribution is -2.41. The van der Waals surface area contributed by atoms with Crippen LogP contribution in [0.15, 0.2) is 40.2 Å². The molecule has 0 spiro atoms. The van der Waals surface area contributed by atoms with Crippen molar-refractivity contribution in [2.75, 3.05) is 19.6 Å². The van der Waals surface area contributed by atoms with Gasteiger partial charge in [0.2, 0.25) is 0 Å². The van der Waals surface area contributed by atoms with Gasteiger partial charge in [0, 0.05) is 23.2 Å². The van der Waals surface area contributed by atoms with Gasteiger partial charge >= 0.3 is 0 Å². The fourth-order valence-electron chi connectivity index (χ4n) is 2.21. The summed E-state index contributed by atoms with van der Waals surface area (Å²) in [5.74, 6) is 0.722. The maximum atomic E-state index is 6.06. The Morgan fingerprint density at radius 3 is 2.55 bits per heavy atom. The minimum Gasteiger partial charge on any atom is -0.370 e. The quantitative estimate of drug-likeness (QED) is 0.360. The number of rotatable bonds is 4. The van der Waals surface area contributed by atoms with Crippen molar-refractivity contribution < 1.29 is 0 Å². The monoisotopic (exact) mass is 405 g/mol. The van der Waals surface area contributed by atoms with Gasteiger partial charge in [-0.05, 0) is 31.4 Å². The zero-order valence-electron chi connectivity index (χ0n) is 12.0. The first-order chi connectivity index (χ1) is 9.25. The molecule has 0 aliphatic carbocycles. The summed E-state index contributed by atoms with van der Waals surface area (Å²) in [5.41, 5.74) is 6.06. The number of nitrogens with zero attached hydrogens (tertiary/aromatic N) is 2. The first-order valence-electron chi connectivity index (χ1n) is 7.02. The van der Waals surface area contributed by atoms with E-state index in [1.165, 1.54) is 24.2 Å². The first kappa shape index (κ1) is 17.6. The van der Waals surface area contributed by atoms with Crippen molar-refractivity contribution in [2.24, 2.45) is 10.7 Å². The average molecular weight is 405 g/mol. The molecule has 1 fully saturated rings. The first-order valence-corrected chi connectivity index (χ1v) is 7.90. The van der Waals surface area contributed by atoms with E-state index in [1.807, 2.05) is 17.8 Å². The van der Waals surface area contributed by atoms with Gasteiger partial charge in [-0.3, -0.25) is 4.99 Å². The third kappa shape index (κ3) is 5.91. The highest BCUT2D eigenvalue weighted by Crippen LogP contribution is 2.22. The van der Waals surface area contributed by atoms with Gasteiger partial charge < -0.3 is 10.6 Å². The van der Waals surface area contributed by atoms with Crippen LogP contribution in [0.2, 0.25) is 0 Å². The van der Waals surface area contributed by atoms with E-state index in [1.54, 1.807) is 0 Å². The van der Waals surface area contributed by atoms with Gasteiger partial charge in [-0.2, -0.15) is 0 Å². The highest BCUT2D eigenvalue weighted by atomic mass is 127. The number of hydrogen-bond donors (Lipinski definition) is 1. The van der Waals surface area contributed by atoms with Gasteiger partial charge in [-0.1, -0.05) is 25.1 Å². The molecule has 20 heavy (non-hydrogen) atoms. The summed E-state index contributed by atoms with van der Waals surface area (Å²) < 4.78 is 0. The van der Waals surface area contributed by atoms with Crippen molar-refractivity contribution in [3.8, 4) is 0 Å². The van der Waals surface area contributed by atoms with E-state index >= 15 is 0 Å². The van der Waals surface area contributed by atoms with Crippen LogP contribution in [0.5, 0.6) is 0 Å². The molecule has 0 aromatic heterocycles. The molecule has 2 rings (SSSR count). The lowest BCUT2D eigenvalue weighted by atomic mass is 10.1. The molecule has 1 aromatic rings. The number of guanidine groups is 1. The number of thioether (sulfide) groups is 1. The van der Waals surface area contributed by atoms with E-state index in [-0.39, 0.29) is 24.0 Å². The van der Waals surface area contributed by atoms with Gasteiger partial charge in [0.05, 0.1) is 6.54 Å². The zero-order chi connectivity index (χ0) is 13.5. The summed E-state index contributed by atoms with van der Waals surface area (Å²) in [5, 5.41) is 0.450. The molecule has 1 aromatic carbocycles. The number of benzene rings is 1. The minimum atomic E-state index is 0. The second-order valence-electron chi connectivity index (χ2n) is 4.99. The molecule has 0 saturated carbocycles. The van der Waals surface area contributed by atoms with Crippen LogP contribution in [0.25, 0.3) is 0 Å². The van der Waals surface area contributed by atoms with Gasteiger partial charge in [0.1, 0.15) is 0 Å². The standard InChI is InChI=1S/C15H23N3S.HI/c1-13(19-14-8-4-2-5-9-14)12-17-15(16)18-10-6-3-7-11-18;/h2,4-5,8-9,13H,3,6-7,10-12H2,1H3,(H2,16,17);1H. The Labute approximate surface area is 143 Å². The second kappa shape index (κ2) is 9.50. The minimum absolute atomic E-state index is 0. The number of piperidine rings is 1. The Kier molecular flexibility index (Phi) is 8.37. The maximum Gasteiger partial charge on any atom is 0.191 e. The Bertz CT molecular complexity index is 405. The molecule has 1 atom stereocenters. The average Bonchev–Trinajstić information content (AvgIpc) is 2.47. The Morgan fingerprint density at radius 1 is 1.25 bits per heavy atom. The Morgan fingerprint density at radius 2 is 1.90 bits per heavy atom. The summed E-state index contributed by atoms with van der Waals surface area (Å²) in [6, 6.07) is 10.5. The Balaban J connectivity index is 0.00000200. The van der Waals surface area contributed by atoms with E-state index in [0.717, 1.165) is 25.6 Å². The lowest BCUT2D eigenvalue weighted by molar-refractivity contribution is 0.338. The SMILES string of the molecule is CC(CN=C(N)N1CCCCC1)Sc1ccccc1.I. The van der Waals surface area contributed by atoms with E-state index in [4.69, 9.17) is 5.73 Å². The molecule has 0 amide bonds. The summed E-state index contributed by atoms with van der Waals surface area (Å²) in [7, 11) is 0. The number of likely N-dealkylation sites (tertiary alicyclic amines) is 1. The van der Waals surface area contributed by atoms with E-state index in [9.17, 15) is 0 Å². The van der Waals surface area contributed by atoms with E-state index < -0.39 is 0 Å². The van der Waals surface area contributed by atoms with Crippen molar-refractivity contribution >= 4 is 41.7 Å². The summed E-state index contributed by atoms with van der Waals surface area (Å²) in [4.78, 5) is 8.05. The molecule has 1 unspecified atom stereocenters. The van der Waals surface area contributed by atoms with E-state index in [2.05, 4.69) is 41.1 Å². The summed E-state index contributed by atoms with van der Waals surface area (Å²) >= 11 is 1.85. The molecular formula is C15H24IN3S. The normalized spacial score (nSPS) is 17.4. The smallest absolute Gasteiger partial charge is 0.191 e. The van der Waals surface area contributed by atoms with Crippen molar-refractivity contribution in [3.63, 3.8) is 0 Å². The van der Waals surface area contributed by atoms with Gasteiger partial charge in [0.25, 0.3) is 0 Å². The molecule has 0 radical (unpaired) electrons.